The SMILES string of the molecule is C=C1[C@H]2C[C@@]3([C@@H]1O)[C@@H](C[C@@H]2O)[C@]12CCCC(C)(C)[C@H]1[C@H](O)[C@@]3(O)OC2. The van der Waals surface area contributed by atoms with Gasteiger partial charge in [-0.15, -0.1) is 0 Å². The largest absolute Gasteiger partial charge is 0.392 e. The van der Waals surface area contributed by atoms with Crippen molar-refractivity contribution in [3.05, 3.63) is 12.2 Å². The van der Waals surface area contributed by atoms with Crippen LogP contribution in [0.1, 0.15) is 46.0 Å². The molecule has 2 saturated heterocycles. The van der Waals surface area contributed by atoms with Gasteiger partial charge in [0.05, 0.1) is 24.2 Å². The summed E-state index contributed by atoms with van der Waals surface area (Å²) in [6.45, 7) is 8.77. The van der Waals surface area contributed by atoms with Gasteiger partial charge in [-0.3, -0.25) is 0 Å². The molecule has 140 valence electrons. The molecule has 4 N–H and O–H groups in total. The van der Waals surface area contributed by atoms with Crippen LogP contribution < -0.4 is 0 Å². The fraction of sp³-hybridized carbons (Fsp3) is 0.900. The second-order valence-electron chi connectivity index (χ2n) is 10.2. The van der Waals surface area contributed by atoms with Crippen molar-refractivity contribution >= 4 is 0 Å². The molecular weight excluding hydrogens is 320 g/mol. The summed E-state index contributed by atoms with van der Waals surface area (Å²) < 4.78 is 6.00. The van der Waals surface area contributed by atoms with Gasteiger partial charge in [0, 0.05) is 17.3 Å². The van der Waals surface area contributed by atoms with Crippen LogP contribution in [0.4, 0.5) is 0 Å². The molecule has 2 spiro atoms. The Hall–Kier alpha value is -0.460. The molecule has 0 aromatic carbocycles. The molecule has 6 rings (SSSR count). The van der Waals surface area contributed by atoms with Gasteiger partial charge in [-0.05, 0) is 42.6 Å². The second-order valence-corrected chi connectivity index (χ2v) is 10.2. The van der Waals surface area contributed by atoms with Crippen LogP contribution in [-0.2, 0) is 4.74 Å². The lowest BCUT2D eigenvalue weighted by atomic mass is 9.36. The van der Waals surface area contributed by atoms with Gasteiger partial charge in [0.15, 0.2) is 0 Å². The Balaban J connectivity index is 1.75. The van der Waals surface area contributed by atoms with E-state index < -0.39 is 29.5 Å². The van der Waals surface area contributed by atoms with Gasteiger partial charge in [-0.1, -0.05) is 26.8 Å². The molecule has 5 heteroatoms. The maximum Gasteiger partial charge on any atom is 0.201 e. The summed E-state index contributed by atoms with van der Waals surface area (Å²) in [7, 11) is 0. The van der Waals surface area contributed by atoms with Crippen LogP contribution >= 0.6 is 0 Å². The summed E-state index contributed by atoms with van der Waals surface area (Å²) in [5.41, 5.74) is -0.771. The van der Waals surface area contributed by atoms with Gasteiger partial charge in [0.1, 0.15) is 6.10 Å². The maximum atomic E-state index is 11.6. The van der Waals surface area contributed by atoms with Gasteiger partial charge >= 0.3 is 0 Å². The van der Waals surface area contributed by atoms with Crippen LogP contribution in [0, 0.1) is 34.0 Å². The zero-order chi connectivity index (χ0) is 18.0. The minimum Gasteiger partial charge on any atom is -0.392 e. The summed E-state index contributed by atoms with van der Waals surface area (Å²) in [6.07, 6.45) is 1.45. The first-order valence-corrected chi connectivity index (χ1v) is 9.71. The molecule has 4 aliphatic carbocycles. The molecule has 0 aromatic heterocycles. The van der Waals surface area contributed by atoms with Crippen molar-refractivity contribution in [2.24, 2.45) is 34.0 Å². The van der Waals surface area contributed by atoms with E-state index in [2.05, 4.69) is 20.4 Å². The van der Waals surface area contributed by atoms with Crippen LogP contribution in [0.2, 0.25) is 0 Å². The molecule has 0 aromatic rings. The summed E-state index contributed by atoms with van der Waals surface area (Å²) in [6, 6.07) is 0. The zero-order valence-corrected chi connectivity index (χ0v) is 15.1. The number of aliphatic hydroxyl groups is 4. The van der Waals surface area contributed by atoms with E-state index in [1.807, 2.05) is 0 Å². The summed E-state index contributed by atoms with van der Waals surface area (Å²) in [5.74, 6) is -2.15. The van der Waals surface area contributed by atoms with Crippen LogP contribution in [-0.4, -0.2) is 51.1 Å². The van der Waals surface area contributed by atoms with Crippen molar-refractivity contribution < 1.29 is 25.2 Å². The lowest BCUT2D eigenvalue weighted by Gasteiger charge is -2.74. The third-order valence-corrected chi connectivity index (χ3v) is 9.00. The van der Waals surface area contributed by atoms with E-state index in [0.29, 0.717) is 25.0 Å². The molecule has 9 atom stereocenters. The molecule has 5 nitrogen and oxygen atoms in total. The van der Waals surface area contributed by atoms with Crippen molar-refractivity contribution in [2.45, 2.75) is 70.1 Å². The molecule has 0 radical (unpaired) electrons. The maximum absolute atomic E-state index is 11.6. The van der Waals surface area contributed by atoms with Gasteiger partial charge in [0.2, 0.25) is 5.79 Å². The Bertz CT molecular complexity index is 646. The lowest BCUT2D eigenvalue weighted by molar-refractivity contribution is -0.458. The molecule has 4 saturated carbocycles. The van der Waals surface area contributed by atoms with E-state index in [9.17, 15) is 20.4 Å². The molecule has 0 amide bonds. The van der Waals surface area contributed by atoms with E-state index in [4.69, 9.17) is 4.74 Å². The molecular formula is C20H30O5. The first-order valence-electron chi connectivity index (χ1n) is 9.71. The van der Waals surface area contributed by atoms with Crippen molar-refractivity contribution in [1.29, 1.82) is 0 Å². The average molecular weight is 350 g/mol. The van der Waals surface area contributed by atoms with Gasteiger partial charge in [-0.25, -0.2) is 0 Å². The quantitative estimate of drug-likeness (QED) is 0.493. The van der Waals surface area contributed by atoms with E-state index >= 15 is 0 Å². The fourth-order valence-electron chi connectivity index (χ4n) is 8.13. The number of aliphatic hydroxyl groups excluding tert-OH is 3. The molecule has 25 heavy (non-hydrogen) atoms. The zero-order valence-electron chi connectivity index (χ0n) is 15.1. The molecule has 6 aliphatic rings. The van der Waals surface area contributed by atoms with Gasteiger partial charge in [-0.2, -0.15) is 0 Å². The van der Waals surface area contributed by atoms with Gasteiger partial charge in [0.25, 0.3) is 0 Å². The summed E-state index contributed by atoms with van der Waals surface area (Å²) >= 11 is 0. The highest BCUT2D eigenvalue weighted by Gasteiger charge is 2.83. The van der Waals surface area contributed by atoms with Crippen molar-refractivity contribution in [3.63, 3.8) is 0 Å². The van der Waals surface area contributed by atoms with E-state index in [1.165, 1.54) is 0 Å². The van der Waals surface area contributed by atoms with E-state index in [0.717, 1.165) is 19.3 Å². The third kappa shape index (κ3) is 1.53. The number of ether oxygens (including phenoxy) is 1. The minimum absolute atomic E-state index is 0.0628. The Labute approximate surface area is 148 Å². The first-order chi connectivity index (χ1) is 11.6. The topological polar surface area (TPSA) is 90.2 Å². The predicted octanol–water partition coefficient (Wildman–Crippen LogP) is 1.20. The Morgan fingerprint density at radius 1 is 1.16 bits per heavy atom. The number of hydrogen-bond acceptors (Lipinski definition) is 5. The van der Waals surface area contributed by atoms with Crippen molar-refractivity contribution in [2.75, 3.05) is 6.61 Å². The van der Waals surface area contributed by atoms with Crippen molar-refractivity contribution in [1.82, 2.24) is 0 Å². The van der Waals surface area contributed by atoms with E-state index in [1.54, 1.807) is 0 Å². The Kier molecular flexibility index (Phi) is 3.01. The summed E-state index contributed by atoms with van der Waals surface area (Å²) in [5, 5.41) is 44.9. The fourth-order valence-corrected chi connectivity index (χ4v) is 8.13. The van der Waals surface area contributed by atoms with Gasteiger partial charge < -0.3 is 25.2 Å². The average Bonchev–Trinajstić information content (AvgIpc) is 2.76. The van der Waals surface area contributed by atoms with Crippen LogP contribution in [0.15, 0.2) is 12.2 Å². The lowest BCUT2D eigenvalue weighted by Crippen LogP contribution is -2.82. The van der Waals surface area contributed by atoms with E-state index in [-0.39, 0.29) is 28.6 Å². The number of rotatable bonds is 0. The normalized spacial score (nSPS) is 61.8. The first kappa shape index (κ1) is 16.7. The van der Waals surface area contributed by atoms with Crippen LogP contribution in [0.25, 0.3) is 0 Å². The van der Waals surface area contributed by atoms with Crippen LogP contribution in [0.3, 0.4) is 0 Å². The number of hydrogen-bond donors (Lipinski definition) is 4. The highest BCUT2D eigenvalue weighted by Crippen LogP contribution is 2.77. The highest BCUT2D eigenvalue weighted by atomic mass is 16.6. The predicted molar refractivity (Wildman–Crippen MR) is 90.3 cm³/mol. The Morgan fingerprint density at radius 2 is 1.88 bits per heavy atom. The molecule has 4 bridgehead atoms. The highest BCUT2D eigenvalue weighted by molar-refractivity contribution is 5.35. The number of fused-ring (bicyclic) bond motifs is 2. The molecule has 0 unspecified atom stereocenters. The second kappa shape index (κ2) is 4.50. The Morgan fingerprint density at radius 3 is 2.60 bits per heavy atom. The molecule has 6 fully saturated rings. The third-order valence-electron chi connectivity index (χ3n) is 9.00. The summed E-state index contributed by atoms with van der Waals surface area (Å²) in [4.78, 5) is 0. The minimum atomic E-state index is -1.77. The monoisotopic (exact) mass is 350 g/mol. The van der Waals surface area contributed by atoms with Crippen LogP contribution in [0.5, 0.6) is 0 Å². The molecule has 2 aliphatic heterocycles. The molecule has 2 heterocycles. The smallest absolute Gasteiger partial charge is 0.201 e. The van der Waals surface area contributed by atoms with Crippen molar-refractivity contribution in [3.8, 4) is 0 Å². The standard InChI is InChI=1S/C20H30O5/c1-10-11-8-19(15(10)22)13(7-12(11)21)18-6-4-5-17(2,3)14(18)16(23)20(19,24)25-9-18/h11-16,21-24H,1,4-9H2,2-3H3/t11-,12+,13+,14-,15-,16+,18-,19+,20-/m1/s1.